The molecule has 0 amide bonds. The summed E-state index contributed by atoms with van der Waals surface area (Å²) in [7, 11) is 0. The van der Waals surface area contributed by atoms with Gasteiger partial charge in [-0.05, 0) is 107 Å². The van der Waals surface area contributed by atoms with Crippen molar-refractivity contribution < 1.29 is 14.6 Å². The van der Waals surface area contributed by atoms with Gasteiger partial charge in [-0.1, -0.05) is 25.5 Å². The molecule has 1 N–H and O–H groups in total. The van der Waals surface area contributed by atoms with Gasteiger partial charge in [-0.3, -0.25) is 0 Å². The first-order chi connectivity index (χ1) is 13.3. The Morgan fingerprint density at radius 3 is 2.61 bits per heavy atom. The number of allylic oxidation sites excluding steroid dienone is 1. The summed E-state index contributed by atoms with van der Waals surface area (Å²) in [5.41, 5.74) is 2.38. The third-order valence-electron chi connectivity index (χ3n) is 9.50. The van der Waals surface area contributed by atoms with Crippen molar-refractivity contribution in [1.82, 2.24) is 0 Å². The van der Waals surface area contributed by atoms with E-state index in [1.54, 1.807) is 5.57 Å². The summed E-state index contributed by atoms with van der Waals surface area (Å²) in [4.78, 5) is 0. The maximum Gasteiger partial charge on any atom is 0.155 e. The molecule has 1 unspecified atom stereocenters. The van der Waals surface area contributed by atoms with Crippen molar-refractivity contribution in [3.63, 3.8) is 0 Å². The second-order valence-corrected chi connectivity index (χ2v) is 10.8. The van der Waals surface area contributed by atoms with Crippen LogP contribution in [-0.2, 0) is 9.47 Å². The molecule has 3 heteroatoms. The number of hydrogen-bond donors (Lipinski definition) is 1. The van der Waals surface area contributed by atoms with Gasteiger partial charge in [0.25, 0.3) is 0 Å². The Morgan fingerprint density at radius 1 is 1.11 bits per heavy atom. The quantitative estimate of drug-likeness (QED) is 0.482. The predicted octanol–water partition coefficient (Wildman–Crippen LogP) is 5.71. The van der Waals surface area contributed by atoms with Gasteiger partial charge in [0, 0.05) is 6.61 Å². The molecule has 3 saturated carbocycles. The molecule has 0 aromatic rings. The lowest BCUT2D eigenvalue weighted by molar-refractivity contribution is -0.167. The van der Waals surface area contributed by atoms with Gasteiger partial charge >= 0.3 is 0 Å². The first kappa shape index (κ1) is 20.9. The van der Waals surface area contributed by atoms with Crippen molar-refractivity contribution in [2.75, 3.05) is 6.61 Å². The minimum absolute atomic E-state index is 0.0948. The van der Waals surface area contributed by atoms with Gasteiger partial charge in [-0.15, -0.1) is 0 Å². The van der Waals surface area contributed by atoms with Crippen LogP contribution >= 0.6 is 0 Å². The van der Waals surface area contributed by atoms with Crippen LogP contribution in [0, 0.1) is 34.5 Å². The van der Waals surface area contributed by atoms with E-state index in [0.29, 0.717) is 29.5 Å². The molecule has 9 atom stereocenters. The maximum atomic E-state index is 10.4. The molecule has 3 nitrogen and oxygen atoms in total. The van der Waals surface area contributed by atoms with Crippen LogP contribution in [0.5, 0.6) is 0 Å². The number of aliphatic hydroxyl groups excluding tert-OH is 1. The van der Waals surface area contributed by atoms with Crippen molar-refractivity contribution in [1.29, 1.82) is 0 Å². The van der Waals surface area contributed by atoms with Crippen LogP contribution in [0.4, 0.5) is 0 Å². The largest absolute Gasteiger partial charge is 0.393 e. The SMILES string of the molecule is CCOC(C)O[C@@H]1CC[C@@]2(C)C(=CC[C@@H]3[C@H]4CC[C@@H]([C@@H](C)O)[C@]4(C)CC[C@H]32)C1. The molecule has 160 valence electrons. The Balaban J connectivity index is 1.51. The average molecular weight is 391 g/mol. The van der Waals surface area contributed by atoms with Crippen LogP contribution in [0.3, 0.4) is 0 Å². The van der Waals surface area contributed by atoms with Gasteiger partial charge in [0.1, 0.15) is 0 Å². The first-order valence-corrected chi connectivity index (χ1v) is 11.9. The predicted molar refractivity (Wildman–Crippen MR) is 113 cm³/mol. The van der Waals surface area contributed by atoms with Gasteiger partial charge < -0.3 is 14.6 Å². The van der Waals surface area contributed by atoms with Gasteiger partial charge in [-0.2, -0.15) is 0 Å². The summed E-state index contributed by atoms with van der Waals surface area (Å²) >= 11 is 0. The van der Waals surface area contributed by atoms with Crippen LogP contribution < -0.4 is 0 Å². The van der Waals surface area contributed by atoms with E-state index in [2.05, 4.69) is 19.9 Å². The zero-order valence-electron chi connectivity index (χ0n) is 18.7. The minimum Gasteiger partial charge on any atom is -0.393 e. The zero-order valence-corrected chi connectivity index (χ0v) is 18.7. The lowest BCUT2D eigenvalue weighted by Crippen LogP contribution is -2.51. The molecule has 0 radical (unpaired) electrons. The van der Waals surface area contributed by atoms with E-state index >= 15 is 0 Å². The van der Waals surface area contributed by atoms with Gasteiger partial charge in [-0.25, -0.2) is 0 Å². The molecule has 4 aliphatic rings. The number of fused-ring (bicyclic) bond motifs is 5. The van der Waals surface area contributed by atoms with E-state index < -0.39 is 0 Å². The van der Waals surface area contributed by atoms with Crippen LogP contribution in [0.1, 0.15) is 86.0 Å². The Kier molecular flexibility index (Phi) is 5.74. The van der Waals surface area contributed by atoms with Crippen molar-refractivity contribution in [2.24, 2.45) is 34.5 Å². The highest BCUT2D eigenvalue weighted by atomic mass is 16.7. The molecule has 0 aromatic carbocycles. The third kappa shape index (κ3) is 3.30. The minimum atomic E-state index is -0.156. The molecule has 0 spiro atoms. The van der Waals surface area contributed by atoms with Crippen LogP contribution in [0.25, 0.3) is 0 Å². The summed E-state index contributed by atoms with van der Waals surface area (Å²) in [5.74, 6) is 2.94. The molecular formula is C25H42O3. The van der Waals surface area contributed by atoms with E-state index in [4.69, 9.17) is 9.47 Å². The van der Waals surface area contributed by atoms with Crippen molar-refractivity contribution in [3.05, 3.63) is 11.6 Å². The molecule has 0 aromatic heterocycles. The van der Waals surface area contributed by atoms with Crippen molar-refractivity contribution in [2.45, 2.75) is 104 Å². The van der Waals surface area contributed by atoms with Crippen molar-refractivity contribution in [3.8, 4) is 0 Å². The van der Waals surface area contributed by atoms with Gasteiger partial charge in [0.05, 0.1) is 12.2 Å². The Bertz CT molecular complexity index is 599. The molecule has 4 rings (SSSR count). The standard InChI is InChI=1S/C25H42O3/c1-6-27-17(3)28-19-11-13-24(4)18(15-19)7-8-20-22-10-9-21(16(2)26)25(22,5)14-12-23(20)24/h7,16-17,19-23,26H,6,8-15H2,1-5H3/t16-,17?,19-,20-,21+,22-,23-,24+,25+/m1/s1. The van der Waals surface area contributed by atoms with E-state index in [0.717, 1.165) is 30.6 Å². The Hall–Kier alpha value is -0.380. The summed E-state index contributed by atoms with van der Waals surface area (Å²) in [6, 6.07) is 0. The second kappa shape index (κ2) is 7.71. The fraction of sp³-hybridized carbons (Fsp3) is 0.920. The lowest BCUT2D eigenvalue weighted by Gasteiger charge is -2.58. The zero-order chi connectivity index (χ0) is 20.1. The average Bonchev–Trinajstić information content (AvgIpc) is 2.99. The fourth-order valence-electron chi connectivity index (χ4n) is 8.12. The Labute approximate surface area is 172 Å². The fourth-order valence-corrected chi connectivity index (χ4v) is 8.12. The highest BCUT2D eigenvalue weighted by Gasteiger charge is 2.59. The summed E-state index contributed by atoms with van der Waals surface area (Å²) in [5, 5.41) is 10.4. The molecule has 4 aliphatic carbocycles. The van der Waals surface area contributed by atoms with Gasteiger partial charge in [0.15, 0.2) is 6.29 Å². The number of aliphatic hydroxyl groups is 1. The molecule has 3 fully saturated rings. The summed E-state index contributed by atoms with van der Waals surface area (Å²) in [6.45, 7) is 11.9. The van der Waals surface area contributed by atoms with Gasteiger partial charge in [0.2, 0.25) is 0 Å². The van der Waals surface area contributed by atoms with E-state index in [1.807, 2.05) is 20.8 Å². The highest BCUT2D eigenvalue weighted by Crippen LogP contribution is 2.66. The molecular weight excluding hydrogens is 348 g/mol. The Morgan fingerprint density at radius 2 is 1.89 bits per heavy atom. The van der Waals surface area contributed by atoms with Crippen LogP contribution in [0.2, 0.25) is 0 Å². The monoisotopic (exact) mass is 390 g/mol. The number of ether oxygens (including phenoxy) is 2. The highest BCUT2D eigenvalue weighted by molar-refractivity contribution is 5.25. The molecule has 28 heavy (non-hydrogen) atoms. The molecule has 0 bridgehead atoms. The van der Waals surface area contributed by atoms with Crippen LogP contribution in [-0.4, -0.2) is 30.2 Å². The molecule has 0 aliphatic heterocycles. The first-order valence-electron chi connectivity index (χ1n) is 11.9. The van der Waals surface area contributed by atoms with E-state index in [1.165, 1.54) is 38.5 Å². The van der Waals surface area contributed by atoms with Crippen LogP contribution in [0.15, 0.2) is 11.6 Å². The second-order valence-electron chi connectivity index (χ2n) is 10.8. The van der Waals surface area contributed by atoms with E-state index in [9.17, 15) is 5.11 Å². The summed E-state index contributed by atoms with van der Waals surface area (Å²) < 4.78 is 11.8. The molecule has 0 saturated heterocycles. The third-order valence-corrected chi connectivity index (χ3v) is 9.50. The molecule has 0 heterocycles. The lowest BCUT2D eigenvalue weighted by atomic mass is 9.47. The maximum absolute atomic E-state index is 10.4. The number of rotatable bonds is 5. The topological polar surface area (TPSA) is 38.7 Å². The summed E-state index contributed by atoms with van der Waals surface area (Å²) in [6.07, 6.45) is 12.6. The van der Waals surface area contributed by atoms with Crippen molar-refractivity contribution >= 4 is 0 Å². The normalized spacial score (nSPS) is 47.5. The number of hydrogen-bond acceptors (Lipinski definition) is 3. The van der Waals surface area contributed by atoms with E-state index in [-0.39, 0.29) is 12.4 Å². The smallest absolute Gasteiger partial charge is 0.155 e.